The summed E-state index contributed by atoms with van der Waals surface area (Å²) >= 11 is 0. The van der Waals surface area contributed by atoms with Crippen molar-refractivity contribution in [3.8, 4) is 0 Å². The molecule has 5 aromatic rings. The van der Waals surface area contributed by atoms with E-state index in [1.165, 1.54) is 21.9 Å². The Morgan fingerprint density at radius 2 is 1.81 bits per heavy atom. The van der Waals surface area contributed by atoms with E-state index in [1.807, 2.05) is 25.5 Å². The van der Waals surface area contributed by atoms with Gasteiger partial charge in [-0.25, -0.2) is 15.0 Å². The van der Waals surface area contributed by atoms with Crippen molar-refractivity contribution >= 4 is 50.6 Å². The van der Waals surface area contributed by atoms with Crippen LogP contribution in [0.2, 0.25) is 0 Å². The summed E-state index contributed by atoms with van der Waals surface area (Å²) in [4.78, 5) is 19.7. The summed E-state index contributed by atoms with van der Waals surface area (Å²) in [6.07, 6.45) is 19.2. The number of benzene rings is 2. The molecule has 236 valence electrons. The number of rotatable bonds is 5. The molecule has 0 saturated carbocycles. The topological polar surface area (TPSA) is 98.4 Å². The molecule has 0 spiro atoms. The molecule has 2 aliphatic carbocycles. The van der Waals surface area contributed by atoms with Gasteiger partial charge in [-0.3, -0.25) is 9.56 Å². The monoisotopic (exact) mass is 620 g/mol. The van der Waals surface area contributed by atoms with Crippen molar-refractivity contribution in [3.63, 3.8) is 0 Å². The first-order valence-electron chi connectivity index (χ1n) is 16.6. The number of nitrogens with zero attached hydrogens (tertiary/aromatic N) is 6. The van der Waals surface area contributed by atoms with E-state index in [0.717, 1.165) is 64.6 Å². The molecule has 1 aliphatic heterocycles. The quantitative estimate of drug-likeness (QED) is 0.118. The second kappa shape index (κ2) is 11.0. The van der Waals surface area contributed by atoms with Gasteiger partial charge in [0.05, 0.1) is 28.3 Å². The zero-order valence-corrected chi connectivity index (χ0v) is 27.4. The van der Waals surface area contributed by atoms with Gasteiger partial charge in [0.15, 0.2) is 0 Å². The van der Waals surface area contributed by atoms with Crippen LogP contribution in [0.3, 0.4) is 0 Å². The molecule has 0 amide bonds. The van der Waals surface area contributed by atoms with Crippen LogP contribution in [0, 0.1) is 0 Å². The highest BCUT2D eigenvalue weighted by molar-refractivity contribution is 6.10. The third-order valence-electron chi connectivity index (χ3n) is 10.1. The zero-order chi connectivity index (χ0) is 32.3. The summed E-state index contributed by atoms with van der Waals surface area (Å²) < 4.78 is 4.62. The Kier molecular flexibility index (Phi) is 6.88. The van der Waals surface area contributed by atoms with Crippen molar-refractivity contribution in [3.05, 3.63) is 114 Å². The summed E-state index contributed by atoms with van der Waals surface area (Å²) in [5, 5.41) is 6.23. The molecular weight excluding hydrogens is 580 g/mol. The van der Waals surface area contributed by atoms with Crippen molar-refractivity contribution in [2.24, 2.45) is 15.7 Å². The van der Waals surface area contributed by atoms with Crippen LogP contribution in [-0.4, -0.2) is 36.9 Å². The summed E-state index contributed by atoms with van der Waals surface area (Å²) in [5.41, 5.74) is 15.9. The molecule has 2 aromatic carbocycles. The SMILES string of the molecule is CCC(N=C(NC(C)(N)C1=CC=CCC1)n1c2c(c3ncncc31)C1=C(C=NC=CC1)C2(C)C)n1c2ccccc2c2ccccc21. The molecule has 8 rings (SSSR count). The minimum absolute atomic E-state index is 0.226. The molecule has 0 saturated heterocycles. The molecule has 2 unspecified atom stereocenters. The minimum Gasteiger partial charge on any atom is -0.334 e. The van der Waals surface area contributed by atoms with Crippen molar-refractivity contribution < 1.29 is 0 Å². The lowest BCUT2D eigenvalue weighted by atomic mass is 9.84. The predicted molar refractivity (Wildman–Crippen MR) is 194 cm³/mol. The number of allylic oxidation sites excluding steroid dienone is 6. The van der Waals surface area contributed by atoms with Crippen molar-refractivity contribution in [2.75, 3.05) is 0 Å². The van der Waals surface area contributed by atoms with E-state index in [1.54, 1.807) is 6.33 Å². The van der Waals surface area contributed by atoms with Crippen LogP contribution in [0.5, 0.6) is 0 Å². The summed E-state index contributed by atoms with van der Waals surface area (Å²) in [5.74, 6) is 0.679. The molecule has 0 fully saturated rings. The van der Waals surface area contributed by atoms with Crippen LogP contribution in [0.25, 0.3) is 38.4 Å². The number of hydrogen-bond donors (Lipinski definition) is 2. The van der Waals surface area contributed by atoms with Gasteiger partial charge in [0.25, 0.3) is 0 Å². The van der Waals surface area contributed by atoms with Crippen LogP contribution in [0.15, 0.2) is 113 Å². The Bertz CT molecular complexity index is 2200. The van der Waals surface area contributed by atoms with E-state index in [4.69, 9.17) is 15.7 Å². The van der Waals surface area contributed by atoms with Crippen LogP contribution < -0.4 is 11.1 Å². The van der Waals surface area contributed by atoms with Gasteiger partial charge in [-0.2, -0.15) is 0 Å². The van der Waals surface area contributed by atoms with Crippen LogP contribution in [0.1, 0.15) is 70.8 Å². The second-order valence-corrected chi connectivity index (χ2v) is 13.4. The van der Waals surface area contributed by atoms with E-state index in [9.17, 15) is 0 Å². The lowest BCUT2D eigenvalue weighted by Gasteiger charge is -2.34. The molecule has 3 aromatic heterocycles. The summed E-state index contributed by atoms with van der Waals surface area (Å²) in [6, 6.07) is 17.2. The average molecular weight is 621 g/mol. The number of aromatic nitrogens is 4. The Balaban J connectivity index is 1.41. The zero-order valence-electron chi connectivity index (χ0n) is 27.4. The molecule has 8 nitrogen and oxygen atoms in total. The van der Waals surface area contributed by atoms with E-state index < -0.39 is 5.66 Å². The number of nitrogens with one attached hydrogen (secondary N) is 1. The first-order chi connectivity index (χ1) is 22.8. The molecule has 3 N–H and O–H groups in total. The number of aliphatic imine (C=N–C) groups is 2. The number of para-hydroxylation sites is 2. The minimum atomic E-state index is -0.862. The van der Waals surface area contributed by atoms with Crippen LogP contribution in [0.4, 0.5) is 0 Å². The van der Waals surface area contributed by atoms with Crippen molar-refractivity contribution in [1.82, 2.24) is 24.4 Å². The molecule has 4 heterocycles. The molecule has 3 aliphatic rings. The Morgan fingerprint density at radius 3 is 2.51 bits per heavy atom. The maximum absolute atomic E-state index is 7.22. The lowest BCUT2D eigenvalue weighted by molar-refractivity contribution is 0.471. The van der Waals surface area contributed by atoms with Gasteiger partial charge in [0, 0.05) is 39.9 Å². The smallest absolute Gasteiger partial charge is 0.206 e. The molecule has 8 heteroatoms. The largest absolute Gasteiger partial charge is 0.334 e. The Labute approximate surface area is 274 Å². The van der Waals surface area contributed by atoms with Gasteiger partial charge in [-0.15, -0.1) is 0 Å². The van der Waals surface area contributed by atoms with E-state index in [0.29, 0.717) is 5.96 Å². The molecule has 0 radical (unpaired) electrons. The number of hydrogen-bond acceptors (Lipinski definition) is 5. The fraction of sp³-hybridized carbons (Fsp3) is 0.282. The molecule has 0 bridgehead atoms. The number of fused-ring (bicyclic) bond motifs is 7. The molecule has 2 atom stereocenters. The fourth-order valence-corrected chi connectivity index (χ4v) is 7.80. The highest BCUT2D eigenvalue weighted by Gasteiger charge is 2.44. The van der Waals surface area contributed by atoms with Crippen LogP contribution in [-0.2, 0) is 5.41 Å². The Hall–Kier alpha value is -5.08. The number of nitrogens with two attached hydrogens (primary N) is 1. The van der Waals surface area contributed by atoms with E-state index in [2.05, 4.69) is 118 Å². The third kappa shape index (κ3) is 4.53. The van der Waals surface area contributed by atoms with E-state index in [-0.39, 0.29) is 11.6 Å². The first-order valence-corrected chi connectivity index (χ1v) is 16.6. The molecule has 47 heavy (non-hydrogen) atoms. The fourth-order valence-electron chi connectivity index (χ4n) is 7.80. The van der Waals surface area contributed by atoms with Crippen molar-refractivity contribution in [2.45, 2.75) is 70.6 Å². The lowest BCUT2D eigenvalue weighted by Crippen LogP contribution is -2.57. The first kappa shape index (κ1) is 29.3. The van der Waals surface area contributed by atoms with Gasteiger partial charge >= 0.3 is 0 Å². The van der Waals surface area contributed by atoms with Gasteiger partial charge in [-0.05, 0) is 61.5 Å². The standard InChI is InChI=1S/C39H40N8/c1-5-33(46-30-19-11-9-16-26(30)27-17-10-12-20-31(27)46)44-37(45-39(4,40)25-14-7-6-8-15-25)47-32-23-42-24-43-35(32)34-28-18-13-21-41-22-29(28)38(2,3)36(34)47/h6-7,9-14,16-17,19-24,33H,5,8,15,18,40H2,1-4H3,(H,44,45). The molecular formula is C39H40N8. The maximum atomic E-state index is 7.22. The van der Waals surface area contributed by atoms with Crippen molar-refractivity contribution in [1.29, 1.82) is 0 Å². The normalized spacial score (nSPS) is 19.2. The Morgan fingerprint density at radius 1 is 1.06 bits per heavy atom. The van der Waals surface area contributed by atoms with Gasteiger partial charge in [-0.1, -0.05) is 81.5 Å². The maximum Gasteiger partial charge on any atom is 0.206 e. The predicted octanol–water partition coefficient (Wildman–Crippen LogP) is 7.93. The van der Waals surface area contributed by atoms with Gasteiger partial charge in [0.2, 0.25) is 5.96 Å². The van der Waals surface area contributed by atoms with Gasteiger partial charge < -0.3 is 15.6 Å². The van der Waals surface area contributed by atoms with E-state index >= 15 is 0 Å². The van der Waals surface area contributed by atoms with Gasteiger partial charge in [0.1, 0.15) is 18.2 Å². The third-order valence-corrected chi connectivity index (χ3v) is 10.1. The highest BCUT2D eigenvalue weighted by Crippen LogP contribution is 2.51. The average Bonchev–Trinajstić information content (AvgIpc) is 3.58. The van der Waals surface area contributed by atoms with Crippen LogP contribution >= 0.6 is 0 Å². The summed E-state index contributed by atoms with van der Waals surface area (Å²) in [6.45, 7) is 8.79. The second-order valence-electron chi connectivity index (χ2n) is 13.4. The highest BCUT2D eigenvalue weighted by atomic mass is 15.3. The summed E-state index contributed by atoms with van der Waals surface area (Å²) in [7, 11) is 0.